The quantitative estimate of drug-likeness (QED) is 0.873. The van der Waals surface area contributed by atoms with Gasteiger partial charge in [0.25, 0.3) is 0 Å². The highest BCUT2D eigenvalue weighted by molar-refractivity contribution is 7.89. The molecule has 1 aromatic heterocycles. The fraction of sp³-hybridized carbons (Fsp3) is 0.400. The molecule has 0 spiro atoms. The first-order valence-corrected chi connectivity index (χ1v) is 9.82. The van der Waals surface area contributed by atoms with Crippen molar-refractivity contribution in [2.45, 2.75) is 17.9 Å². The normalized spacial score (nSPS) is 20.4. The second kappa shape index (κ2) is 7.01. The lowest BCUT2D eigenvalue weighted by atomic mass is 10.2. The van der Waals surface area contributed by atoms with Crippen molar-refractivity contribution in [2.24, 2.45) is 0 Å². The van der Waals surface area contributed by atoms with Crippen LogP contribution in [0, 0.1) is 0 Å². The number of rotatable bonds is 4. The zero-order chi connectivity index (χ0) is 17.3. The lowest BCUT2D eigenvalue weighted by Gasteiger charge is -2.39. The molecular formula is C15H18Cl2N4O2S. The molecule has 0 bridgehead atoms. The number of H-pyrrole nitrogens is 1. The molecule has 2 heterocycles. The number of imidazole rings is 1. The van der Waals surface area contributed by atoms with E-state index >= 15 is 0 Å². The molecule has 0 saturated carbocycles. The molecule has 0 aliphatic carbocycles. The second-order valence-electron chi connectivity index (χ2n) is 5.53. The Morgan fingerprint density at radius 3 is 2.79 bits per heavy atom. The van der Waals surface area contributed by atoms with Gasteiger partial charge in [-0.15, -0.1) is 0 Å². The van der Waals surface area contributed by atoms with Crippen molar-refractivity contribution in [1.29, 1.82) is 0 Å². The van der Waals surface area contributed by atoms with Crippen molar-refractivity contribution >= 4 is 33.2 Å². The molecule has 2 aromatic rings. The number of aromatic nitrogens is 2. The molecule has 1 N–H and O–H groups in total. The van der Waals surface area contributed by atoms with Gasteiger partial charge in [0.2, 0.25) is 10.0 Å². The van der Waals surface area contributed by atoms with Gasteiger partial charge in [-0.2, -0.15) is 4.31 Å². The zero-order valence-electron chi connectivity index (χ0n) is 13.1. The van der Waals surface area contributed by atoms with Crippen LogP contribution in [0.3, 0.4) is 0 Å². The molecule has 3 rings (SSSR count). The van der Waals surface area contributed by atoms with Crippen LogP contribution in [0.25, 0.3) is 0 Å². The monoisotopic (exact) mass is 388 g/mol. The summed E-state index contributed by atoms with van der Waals surface area (Å²) in [5.74, 6) is 0.758. The van der Waals surface area contributed by atoms with E-state index in [9.17, 15) is 8.42 Å². The summed E-state index contributed by atoms with van der Waals surface area (Å²) in [6.07, 6.45) is 3.41. The number of aromatic amines is 1. The van der Waals surface area contributed by atoms with Crippen LogP contribution in [0.5, 0.6) is 0 Å². The predicted octanol–water partition coefficient (Wildman–Crippen LogP) is 2.78. The van der Waals surface area contributed by atoms with Gasteiger partial charge < -0.3 is 4.98 Å². The fourth-order valence-corrected chi connectivity index (χ4v) is 5.11. The third kappa shape index (κ3) is 3.19. The summed E-state index contributed by atoms with van der Waals surface area (Å²) >= 11 is 12.1. The van der Waals surface area contributed by atoms with Gasteiger partial charge in [-0.1, -0.05) is 36.2 Å². The molecule has 9 heteroatoms. The largest absolute Gasteiger partial charge is 0.347 e. The first-order chi connectivity index (χ1) is 11.4. The number of sulfonamides is 1. The summed E-state index contributed by atoms with van der Waals surface area (Å²) in [4.78, 5) is 9.62. The topological polar surface area (TPSA) is 69.3 Å². The predicted molar refractivity (Wildman–Crippen MR) is 93.8 cm³/mol. The molecule has 130 valence electrons. The van der Waals surface area contributed by atoms with Gasteiger partial charge >= 0.3 is 0 Å². The molecule has 24 heavy (non-hydrogen) atoms. The van der Waals surface area contributed by atoms with E-state index in [2.05, 4.69) is 14.9 Å². The first kappa shape index (κ1) is 17.7. The van der Waals surface area contributed by atoms with Crippen molar-refractivity contribution in [1.82, 2.24) is 19.2 Å². The van der Waals surface area contributed by atoms with Gasteiger partial charge in [-0.25, -0.2) is 13.4 Å². The van der Waals surface area contributed by atoms with Crippen molar-refractivity contribution < 1.29 is 8.42 Å². The fourth-order valence-electron chi connectivity index (χ4n) is 2.93. The Morgan fingerprint density at radius 2 is 2.12 bits per heavy atom. The van der Waals surface area contributed by atoms with Crippen LogP contribution in [0.4, 0.5) is 0 Å². The number of benzene rings is 1. The standard InChI is InChI=1S/C15H18Cl2N4O2S/c1-2-20-8-9-21(10-12(20)15-18-6-7-19-15)24(22,23)13-5-3-4-11(16)14(13)17/h3-7,12H,2,8-10H2,1H3,(H,18,19)/t12-/m0/s1. The lowest BCUT2D eigenvalue weighted by Crippen LogP contribution is -2.50. The average Bonchev–Trinajstić information content (AvgIpc) is 3.11. The molecular weight excluding hydrogens is 371 g/mol. The van der Waals surface area contributed by atoms with E-state index in [1.165, 1.54) is 10.4 Å². The minimum absolute atomic E-state index is 0.0415. The molecule has 1 aliphatic heterocycles. The summed E-state index contributed by atoms with van der Waals surface area (Å²) in [7, 11) is -3.72. The van der Waals surface area contributed by atoms with Gasteiger partial charge in [0, 0.05) is 32.0 Å². The van der Waals surface area contributed by atoms with Crippen molar-refractivity contribution in [3.05, 3.63) is 46.5 Å². The number of hydrogen-bond donors (Lipinski definition) is 1. The number of likely N-dealkylation sites (N-methyl/N-ethyl adjacent to an activating group) is 1. The lowest BCUT2D eigenvalue weighted by molar-refractivity contribution is 0.119. The van der Waals surface area contributed by atoms with Gasteiger partial charge in [0.15, 0.2) is 0 Å². The van der Waals surface area contributed by atoms with Crippen LogP contribution in [-0.2, 0) is 10.0 Å². The van der Waals surface area contributed by atoms with Gasteiger partial charge in [0.05, 0.1) is 16.1 Å². The number of piperazine rings is 1. The van der Waals surface area contributed by atoms with Crippen LogP contribution < -0.4 is 0 Å². The molecule has 0 amide bonds. The molecule has 1 fully saturated rings. The Balaban J connectivity index is 1.93. The molecule has 0 unspecified atom stereocenters. The third-order valence-corrected chi connectivity index (χ3v) is 7.07. The summed E-state index contributed by atoms with van der Waals surface area (Å²) in [5, 5.41) is 0.291. The minimum Gasteiger partial charge on any atom is -0.347 e. The van der Waals surface area contributed by atoms with Gasteiger partial charge in [-0.05, 0) is 18.7 Å². The Bertz CT molecular complexity index is 811. The highest BCUT2D eigenvalue weighted by Gasteiger charge is 2.36. The third-order valence-electron chi connectivity index (χ3n) is 4.23. The average molecular weight is 389 g/mol. The summed E-state index contributed by atoms with van der Waals surface area (Å²) in [6.45, 7) is 4.20. The maximum Gasteiger partial charge on any atom is 0.244 e. The number of halogens is 2. The Labute approximate surface area is 151 Å². The Hall–Kier alpha value is -1.12. The summed E-state index contributed by atoms with van der Waals surface area (Å²) in [6, 6.07) is 4.53. The molecule has 1 saturated heterocycles. The molecule has 1 atom stereocenters. The summed E-state index contributed by atoms with van der Waals surface area (Å²) in [5.41, 5.74) is 0. The van der Waals surface area contributed by atoms with Crippen LogP contribution >= 0.6 is 23.2 Å². The highest BCUT2D eigenvalue weighted by atomic mass is 35.5. The summed E-state index contributed by atoms with van der Waals surface area (Å²) < 4.78 is 27.5. The highest BCUT2D eigenvalue weighted by Crippen LogP contribution is 2.33. The van der Waals surface area contributed by atoms with Crippen LogP contribution in [-0.4, -0.2) is 53.8 Å². The molecule has 6 nitrogen and oxygen atoms in total. The Morgan fingerprint density at radius 1 is 1.33 bits per heavy atom. The van der Waals surface area contributed by atoms with E-state index in [0.29, 0.717) is 19.6 Å². The van der Waals surface area contributed by atoms with Gasteiger partial charge in [-0.3, -0.25) is 4.90 Å². The van der Waals surface area contributed by atoms with Crippen LogP contribution in [0.1, 0.15) is 18.8 Å². The van der Waals surface area contributed by atoms with E-state index in [4.69, 9.17) is 23.2 Å². The smallest absolute Gasteiger partial charge is 0.244 e. The van der Waals surface area contributed by atoms with E-state index in [1.807, 2.05) is 6.92 Å². The SMILES string of the molecule is CCN1CCN(S(=O)(=O)c2cccc(Cl)c2Cl)C[C@H]1c1ncc[nH]1. The minimum atomic E-state index is -3.72. The zero-order valence-corrected chi connectivity index (χ0v) is 15.4. The van der Waals surface area contributed by atoms with E-state index in [-0.39, 0.29) is 21.0 Å². The second-order valence-corrected chi connectivity index (χ2v) is 8.23. The van der Waals surface area contributed by atoms with Crippen LogP contribution in [0.15, 0.2) is 35.5 Å². The first-order valence-electron chi connectivity index (χ1n) is 7.62. The molecule has 0 radical (unpaired) electrons. The van der Waals surface area contributed by atoms with Crippen molar-refractivity contribution in [3.8, 4) is 0 Å². The van der Waals surface area contributed by atoms with Crippen LogP contribution in [0.2, 0.25) is 10.0 Å². The van der Waals surface area contributed by atoms with E-state index in [0.717, 1.165) is 12.4 Å². The number of nitrogens with zero attached hydrogens (tertiary/aromatic N) is 3. The van der Waals surface area contributed by atoms with Crippen molar-refractivity contribution in [2.75, 3.05) is 26.2 Å². The maximum absolute atomic E-state index is 13.0. The molecule has 1 aliphatic rings. The van der Waals surface area contributed by atoms with E-state index < -0.39 is 10.0 Å². The maximum atomic E-state index is 13.0. The van der Waals surface area contributed by atoms with E-state index in [1.54, 1.807) is 24.5 Å². The van der Waals surface area contributed by atoms with Gasteiger partial charge in [0.1, 0.15) is 10.7 Å². The number of nitrogens with one attached hydrogen (secondary N) is 1. The van der Waals surface area contributed by atoms with Crippen molar-refractivity contribution in [3.63, 3.8) is 0 Å². The number of hydrogen-bond acceptors (Lipinski definition) is 4. The Kier molecular flexibility index (Phi) is 5.17. The molecule has 1 aromatic carbocycles.